The highest BCUT2D eigenvalue weighted by molar-refractivity contribution is 7.85. The van der Waals surface area contributed by atoms with Gasteiger partial charge in [0.05, 0.1) is 36.2 Å². The molecule has 0 bridgehead atoms. The van der Waals surface area contributed by atoms with E-state index in [1.807, 2.05) is 0 Å². The van der Waals surface area contributed by atoms with Gasteiger partial charge in [0.15, 0.2) is 0 Å². The van der Waals surface area contributed by atoms with Crippen molar-refractivity contribution in [1.29, 1.82) is 0 Å². The zero-order valence-electron chi connectivity index (χ0n) is 17.4. The Bertz CT molecular complexity index is 557. The molecule has 0 saturated carbocycles. The highest BCUT2D eigenvalue weighted by Crippen LogP contribution is 2.60. The summed E-state index contributed by atoms with van der Waals surface area (Å²) < 4.78 is 34.9. The SMILES string of the molecule is CCC[P+](CCC)(CCC)CCC.O=S(=O)(O)c1ccc(OCCO)cc1. The van der Waals surface area contributed by atoms with Crippen LogP contribution in [0.2, 0.25) is 0 Å². The van der Waals surface area contributed by atoms with Crippen LogP contribution in [-0.4, -0.2) is 55.9 Å². The van der Waals surface area contributed by atoms with Crippen LogP contribution in [0.1, 0.15) is 53.4 Å². The number of aliphatic hydroxyl groups is 1. The van der Waals surface area contributed by atoms with Crippen LogP contribution in [0, 0.1) is 0 Å². The van der Waals surface area contributed by atoms with Gasteiger partial charge in [0.25, 0.3) is 10.1 Å². The highest BCUT2D eigenvalue weighted by atomic mass is 32.2. The number of benzene rings is 1. The minimum absolute atomic E-state index is 0.111. The first-order chi connectivity index (χ1) is 12.8. The molecule has 5 nitrogen and oxygen atoms in total. The van der Waals surface area contributed by atoms with Gasteiger partial charge in [-0.05, 0) is 49.9 Å². The smallest absolute Gasteiger partial charge is 0.294 e. The summed E-state index contributed by atoms with van der Waals surface area (Å²) in [6.07, 6.45) is 11.9. The van der Waals surface area contributed by atoms with Crippen molar-refractivity contribution in [3.8, 4) is 5.75 Å². The predicted octanol–water partition coefficient (Wildman–Crippen LogP) is 4.95. The van der Waals surface area contributed by atoms with E-state index in [9.17, 15) is 8.42 Å². The van der Waals surface area contributed by atoms with Gasteiger partial charge in [-0.1, -0.05) is 27.7 Å². The first-order valence-corrected chi connectivity index (χ1v) is 13.9. The molecule has 0 unspecified atom stereocenters. The molecule has 0 amide bonds. The number of rotatable bonds is 12. The largest absolute Gasteiger partial charge is 0.491 e. The fourth-order valence-electron chi connectivity index (χ4n) is 3.44. The molecule has 0 radical (unpaired) electrons. The zero-order valence-corrected chi connectivity index (χ0v) is 19.1. The topological polar surface area (TPSA) is 83.8 Å². The molecular formula is C20H38O5PS+. The Balaban J connectivity index is 0.000000503. The van der Waals surface area contributed by atoms with Gasteiger partial charge in [-0.2, -0.15) is 8.42 Å². The molecular weight excluding hydrogens is 383 g/mol. The Kier molecular flexibility index (Phi) is 14.0. The van der Waals surface area contributed by atoms with Gasteiger partial charge in [-0.25, -0.2) is 0 Å². The Labute approximate surface area is 166 Å². The lowest BCUT2D eigenvalue weighted by molar-refractivity contribution is 0.201. The maximum atomic E-state index is 10.6. The molecule has 0 aliphatic rings. The van der Waals surface area contributed by atoms with E-state index in [2.05, 4.69) is 27.7 Å². The molecule has 0 saturated heterocycles. The van der Waals surface area contributed by atoms with Crippen molar-refractivity contribution < 1.29 is 22.8 Å². The van der Waals surface area contributed by atoms with Crippen LogP contribution >= 0.6 is 7.26 Å². The van der Waals surface area contributed by atoms with Gasteiger partial charge in [-0.3, -0.25) is 4.55 Å². The lowest BCUT2D eigenvalue weighted by Gasteiger charge is -2.26. The Morgan fingerprint density at radius 2 is 1.26 bits per heavy atom. The summed E-state index contributed by atoms with van der Waals surface area (Å²) in [5, 5.41) is 8.45. The predicted molar refractivity (Wildman–Crippen MR) is 116 cm³/mol. The molecule has 0 aliphatic carbocycles. The Morgan fingerprint density at radius 3 is 1.56 bits per heavy atom. The van der Waals surface area contributed by atoms with E-state index in [1.54, 1.807) is 24.6 Å². The molecule has 27 heavy (non-hydrogen) atoms. The molecule has 1 aromatic carbocycles. The summed E-state index contributed by atoms with van der Waals surface area (Å²) in [4.78, 5) is -0.186. The third kappa shape index (κ3) is 11.0. The molecule has 0 aromatic heterocycles. The van der Waals surface area contributed by atoms with Crippen molar-refractivity contribution in [3.63, 3.8) is 0 Å². The minimum atomic E-state index is -4.15. The van der Waals surface area contributed by atoms with Gasteiger partial charge in [0.1, 0.15) is 12.4 Å². The van der Waals surface area contributed by atoms with E-state index in [0.29, 0.717) is 5.75 Å². The lowest BCUT2D eigenvalue weighted by Crippen LogP contribution is -2.10. The van der Waals surface area contributed by atoms with Crippen LogP contribution in [0.4, 0.5) is 0 Å². The van der Waals surface area contributed by atoms with Gasteiger partial charge >= 0.3 is 0 Å². The summed E-state index contributed by atoms with van der Waals surface area (Å²) in [7, 11) is -4.64. The van der Waals surface area contributed by atoms with Crippen LogP contribution in [0.5, 0.6) is 5.75 Å². The normalized spacial score (nSPS) is 11.6. The summed E-state index contributed by atoms with van der Waals surface area (Å²) in [6.45, 7) is 9.46. The van der Waals surface area contributed by atoms with Crippen molar-refractivity contribution in [3.05, 3.63) is 24.3 Å². The lowest BCUT2D eigenvalue weighted by atomic mass is 10.3. The minimum Gasteiger partial charge on any atom is -0.491 e. The Morgan fingerprint density at radius 1 is 0.852 bits per heavy atom. The summed E-state index contributed by atoms with van der Waals surface area (Å²) >= 11 is 0. The van der Waals surface area contributed by atoms with E-state index in [0.717, 1.165) is 0 Å². The zero-order chi connectivity index (χ0) is 20.8. The summed E-state index contributed by atoms with van der Waals surface area (Å²) in [5.41, 5.74) is 0. The number of hydrogen-bond donors (Lipinski definition) is 2. The van der Waals surface area contributed by atoms with E-state index in [-0.39, 0.29) is 18.1 Å². The van der Waals surface area contributed by atoms with Crippen LogP contribution in [0.25, 0.3) is 0 Å². The second kappa shape index (κ2) is 14.3. The maximum absolute atomic E-state index is 10.6. The van der Waals surface area contributed by atoms with E-state index >= 15 is 0 Å². The molecule has 0 spiro atoms. The summed E-state index contributed by atoms with van der Waals surface area (Å²) in [5.74, 6) is 0.437. The molecule has 7 heteroatoms. The standard InChI is InChI=1S/C12H28P.C8H10O5S/c1-5-9-13(10-6-2,11-7-3)12-8-4;9-5-6-13-7-1-3-8(4-2-7)14(10,11)12/h5-12H2,1-4H3;1-4,9H,5-6H2,(H,10,11,12)/q+1;. The van der Waals surface area contributed by atoms with Crippen molar-refractivity contribution in [2.75, 3.05) is 37.9 Å². The average molecular weight is 422 g/mol. The second-order valence-corrected chi connectivity index (χ2v) is 12.6. The van der Waals surface area contributed by atoms with Gasteiger partial charge in [0.2, 0.25) is 0 Å². The molecule has 1 rings (SSSR count). The molecule has 0 heterocycles. The van der Waals surface area contributed by atoms with Crippen LogP contribution in [0.15, 0.2) is 29.2 Å². The van der Waals surface area contributed by atoms with Crippen molar-refractivity contribution in [1.82, 2.24) is 0 Å². The summed E-state index contributed by atoms with van der Waals surface area (Å²) in [6, 6.07) is 5.25. The third-order valence-electron chi connectivity index (χ3n) is 4.27. The van der Waals surface area contributed by atoms with Crippen LogP contribution in [-0.2, 0) is 10.1 Å². The van der Waals surface area contributed by atoms with Crippen LogP contribution < -0.4 is 4.74 Å². The third-order valence-corrected chi connectivity index (χ3v) is 10.7. The van der Waals surface area contributed by atoms with E-state index in [1.165, 1.54) is 49.9 Å². The first kappa shape index (κ1) is 26.3. The molecule has 158 valence electrons. The second-order valence-electron chi connectivity index (χ2n) is 6.75. The van der Waals surface area contributed by atoms with Crippen molar-refractivity contribution in [2.45, 2.75) is 58.3 Å². The van der Waals surface area contributed by atoms with Gasteiger partial charge < -0.3 is 9.84 Å². The van der Waals surface area contributed by atoms with Crippen molar-refractivity contribution in [2.24, 2.45) is 0 Å². The van der Waals surface area contributed by atoms with Crippen molar-refractivity contribution >= 4 is 17.4 Å². The molecule has 1 aromatic rings. The number of aliphatic hydroxyl groups excluding tert-OH is 1. The number of hydrogen-bond acceptors (Lipinski definition) is 4. The van der Waals surface area contributed by atoms with Gasteiger partial charge in [0, 0.05) is 7.26 Å². The molecule has 0 fully saturated rings. The van der Waals surface area contributed by atoms with Gasteiger partial charge in [-0.15, -0.1) is 0 Å². The molecule has 2 N–H and O–H groups in total. The quantitative estimate of drug-likeness (QED) is 0.369. The monoisotopic (exact) mass is 421 g/mol. The number of ether oxygens (including phenoxy) is 1. The fourth-order valence-corrected chi connectivity index (χ4v) is 9.06. The van der Waals surface area contributed by atoms with Crippen LogP contribution in [0.3, 0.4) is 0 Å². The Hall–Kier alpha value is -0.680. The first-order valence-electron chi connectivity index (χ1n) is 9.94. The van der Waals surface area contributed by atoms with E-state index in [4.69, 9.17) is 14.4 Å². The fraction of sp³-hybridized carbons (Fsp3) is 0.700. The average Bonchev–Trinajstić information content (AvgIpc) is 2.61. The maximum Gasteiger partial charge on any atom is 0.294 e. The molecule has 0 aliphatic heterocycles. The van der Waals surface area contributed by atoms with E-state index < -0.39 is 17.4 Å². The highest BCUT2D eigenvalue weighted by Gasteiger charge is 2.32. The molecule has 0 atom stereocenters.